The second-order valence-electron chi connectivity index (χ2n) is 6.08. The Hall–Kier alpha value is -1.55. The third kappa shape index (κ3) is 2.77. The minimum Gasteiger partial charge on any atom is -0.493 e. The Balaban J connectivity index is 1.76. The fourth-order valence-corrected chi connectivity index (χ4v) is 3.45. The number of rotatable bonds is 3. The predicted octanol–water partition coefficient (Wildman–Crippen LogP) is 2.41. The van der Waals surface area contributed by atoms with Crippen LogP contribution in [-0.4, -0.2) is 25.6 Å². The summed E-state index contributed by atoms with van der Waals surface area (Å²) in [4.78, 5) is 12.8. The second-order valence-corrected chi connectivity index (χ2v) is 6.08. The van der Waals surface area contributed by atoms with E-state index in [2.05, 4.69) is 23.6 Å². The summed E-state index contributed by atoms with van der Waals surface area (Å²) in [6, 6.07) is 8.10. The van der Waals surface area contributed by atoms with E-state index in [1.165, 1.54) is 0 Å². The fourth-order valence-electron chi connectivity index (χ4n) is 3.45. The first-order valence-electron chi connectivity index (χ1n) is 7.98. The van der Waals surface area contributed by atoms with Crippen LogP contribution < -0.4 is 15.4 Å². The van der Waals surface area contributed by atoms with E-state index in [4.69, 9.17) is 4.74 Å². The Morgan fingerprint density at radius 1 is 1.38 bits per heavy atom. The van der Waals surface area contributed by atoms with Crippen LogP contribution in [0.15, 0.2) is 24.3 Å². The lowest BCUT2D eigenvalue weighted by Crippen LogP contribution is -2.48. The zero-order valence-corrected chi connectivity index (χ0v) is 12.7. The monoisotopic (exact) mass is 288 g/mol. The summed E-state index contributed by atoms with van der Waals surface area (Å²) in [6.45, 7) is 4.67. The molecule has 1 aromatic rings. The highest BCUT2D eigenvalue weighted by Crippen LogP contribution is 2.36. The SMILES string of the molecule is CCC1(C(=O)NC2CCOc3ccccc32)CCNCC1. The second kappa shape index (κ2) is 6.06. The van der Waals surface area contributed by atoms with Crippen molar-refractivity contribution in [2.24, 2.45) is 5.41 Å². The molecule has 1 unspecified atom stereocenters. The Kier molecular flexibility index (Phi) is 4.15. The van der Waals surface area contributed by atoms with Crippen LogP contribution in [0, 0.1) is 5.41 Å². The van der Waals surface area contributed by atoms with E-state index in [0.717, 1.165) is 50.1 Å². The molecule has 1 fully saturated rings. The molecule has 2 heterocycles. The van der Waals surface area contributed by atoms with Crippen LogP contribution in [0.2, 0.25) is 0 Å². The first-order chi connectivity index (χ1) is 10.2. The Morgan fingerprint density at radius 2 is 2.14 bits per heavy atom. The number of piperidine rings is 1. The molecule has 2 aliphatic heterocycles. The van der Waals surface area contributed by atoms with Gasteiger partial charge in [-0.15, -0.1) is 0 Å². The van der Waals surface area contributed by atoms with E-state index in [-0.39, 0.29) is 17.4 Å². The van der Waals surface area contributed by atoms with Gasteiger partial charge in [0.1, 0.15) is 5.75 Å². The molecule has 1 amide bonds. The molecule has 4 nitrogen and oxygen atoms in total. The highest BCUT2D eigenvalue weighted by atomic mass is 16.5. The van der Waals surface area contributed by atoms with Gasteiger partial charge in [0, 0.05) is 12.0 Å². The lowest BCUT2D eigenvalue weighted by Gasteiger charge is -2.37. The number of carbonyl (C=O) groups excluding carboxylic acids is 1. The van der Waals surface area contributed by atoms with Gasteiger partial charge in [-0.2, -0.15) is 0 Å². The van der Waals surface area contributed by atoms with Crippen molar-refractivity contribution in [3.63, 3.8) is 0 Å². The molecule has 0 aromatic heterocycles. The summed E-state index contributed by atoms with van der Waals surface area (Å²) in [7, 11) is 0. The number of nitrogens with one attached hydrogen (secondary N) is 2. The molecule has 1 atom stereocenters. The van der Waals surface area contributed by atoms with Gasteiger partial charge in [-0.25, -0.2) is 0 Å². The largest absolute Gasteiger partial charge is 0.493 e. The van der Waals surface area contributed by atoms with E-state index in [1.54, 1.807) is 0 Å². The molecular formula is C17H24N2O2. The molecule has 21 heavy (non-hydrogen) atoms. The topological polar surface area (TPSA) is 50.4 Å². The van der Waals surface area contributed by atoms with Crippen molar-refractivity contribution in [1.29, 1.82) is 0 Å². The summed E-state index contributed by atoms with van der Waals surface area (Å²) in [6.07, 6.45) is 3.62. The van der Waals surface area contributed by atoms with Gasteiger partial charge in [0.2, 0.25) is 5.91 Å². The molecule has 114 valence electrons. The number of fused-ring (bicyclic) bond motifs is 1. The van der Waals surface area contributed by atoms with Crippen molar-refractivity contribution < 1.29 is 9.53 Å². The molecule has 3 rings (SSSR count). The molecule has 2 N–H and O–H groups in total. The predicted molar refractivity (Wildman–Crippen MR) is 82.3 cm³/mol. The van der Waals surface area contributed by atoms with E-state index in [1.807, 2.05) is 18.2 Å². The van der Waals surface area contributed by atoms with Crippen LogP contribution in [-0.2, 0) is 4.79 Å². The van der Waals surface area contributed by atoms with Crippen LogP contribution in [0.1, 0.15) is 44.2 Å². The maximum absolute atomic E-state index is 12.8. The molecule has 2 aliphatic rings. The number of hydrogen-bond acceptors (Lipinski definition) is 3. The van der Waals surface area contributed by atoms with E-state index < -0.39 is 0 Å². The van der Waals surface area contributed by atoms with E-state index >= 15 is 0 Å². The average Bonchev–Trinajstić information content (AvgIpc) is 2.56. The van der Waals surface area contributed by atoms with Gasteiger partial charge < -0.3 is 15.4 Å². The van der Waals surface area contributed by atoms with Crippen molar-refractivity contribution in [3.05, 3.63) is 29.8 Å². The van der Waals surface area contributed by atoms with Gasteiger partial charge >= 0.3 is 0 Å². The van der Waals surface area contributed by atoms with Crippen LogP contribution in [0.25, 0.3) is 0 Å². The molecule has 0 aliphatic carbocycles. The average molecular weight is 288 g/mol. The maximum Gasteiger partial charge on any atom is 0.226 e. The molecule has 1 aromatic carbocycles. The van der Waals surface area contributed by atoms with Crippen molar-refractivity contribution in [3.8, 4) is 5.75 Å². The summed E-state index contributed by atoms with van der Waals surface area (Å²) in [5, 5.41) is 6.64. The van der Waals surface area contributed by atoms with Crippen LogP contribution in [0.3, 0.4) is 0 Å². The first-order valence-corrected chi connectivity index (χ1v) is 7.98. The number of carbonyl (C=O) groups is 1. The lowest BCUT2D eigenvalue weighted by molar-refractivity contribution is -0.133. The Morgan fingerprint density at radius 3 is 2.90 bits per heavy atom. The minimum absolute atomic E-state index is 0.0840. The fraction of sp³-hybridized carbons (Fsp3) is 0.588. The van der Waals surface area contributed by atoms with Gasteiger partial charge in [0.05, 0.1) is 18.1 Å². The number of benzene rings is 1. The number of amides is 1. The van der Waals surface area contributed by atoms with E-state index in [0.29, 0.717) is 6.61 Å². The Bertz CT molecular complexity index is 509. The van der Waals surface area contributed by atoms with Crippen molar-refractivity contribution >= 4 is 5.91 Å². The smallest absolute Gasteiger partial charge is 0.226 e. The zero-order valence-electron chi connectivity index (χ0n) is 12.7. The third-order valence-corrected chi connectivity index (χ3v) is 4.98. The molecular weight excluding hydrogens is 264 g/mol. The zero-order chi connectivity index (χ0) is 14.7. The molecule has 0 spiro atoms. The standard InChI is InChI=1S/C17H24N2O2/c1-2-17(8-10-18-11-9-17)16(20)19-14-7-12-21-15-6-4-3-5-13(14)15/h3-6,14,18H,2,7-12H2,1H3,(H,19,20). The summed E-state index contributed by atoms with van der Waals surface area (Å²) < 4.78 is 5.67. The maximum atomic E-state index is 12.8. The van der Waals surface area contributed by atoms with Crippen molar-refractivity contribution in [2.75, 3.05) is 19.7 Å². The molecule has 4 heteroatoms. The van der Waals surface area contributed by atoms with Gasteiger partial charge in [-0.3, -0.25) is 4.79 Å². The van der Waals surface area contributed by atoms with E-state index in [9.17, 15) is 4.79 Å². The molecule has 1 saturated heterocycles. The van der Waals surface area contributed by atoms with Crippen molar-refractivity contribution in [2.45, 2.75) is 38.6 Å². The van der Waals surface area contributed by atoms with Gasteiger partial charge in [0.15, 0.2) is 0 Å². The number of hydrogen-bond donors (Lipinski definition) is 2. The van der Waals surface area contributed by atoms with Gasteiger partial charge in [-0.1, -0.05) is 25.1 Å². The summed E-state index contributed by atoms with van der Waals surface area (Å²) in [5.74, 6) is 1.12. The van der Waals surface area contributed by atoms with Gasteiger partial charge in [-0.05, 0) is 38.4 Å². The first kappa shape index (κ1) is 14.4. The number of para-hydroxylation sites is 1. The molecule has 0 saturated carbocycles. The quantitative estimate of drug-likeness (QED) is 0.898. The molecule has 0 bridgehead atoms. The highest BCUT2D eigenvalue weighted by Gasteiger charge is 2.39. The van der Waals surface area contributed by atoms with Gasteiger partial charge in [0.25, 0.3) is 0 Å². The van der Waals surface area contributed by atoms with Crippen LogP contribution in [0.5, 0.6) is 5.75 Å². The normalized spacial score (nSPS) is 23.8. The minimum atomic E-state index is -0.196. The summed E-state index contributed by atoms with van der Waals surface area (Å²) in [5.41, 5.74) is 0.913. The van der Waals surface area contributed by atoms with Crippen molar-refractivity contribution in [1.82, 2.24) is 10.6 Å². The summed E-state index contributed by atoms with van der Waals surface area (Å²) >= 11 is 0. The van der Waals surface area contributed by atoms with Crippen LogP contribution in [0.4, 0.5) is 0 Å². The Labute approximate surface area is 126 Å². The number of ether oxygens (including phenoxy) is 1. The third-order valence-electron chi connectivity index (χ3n) is 4.98. The van der Waals surface area contributed by atoms with Crippen LogP contribution >= 0.6 is 0 Å². The highest BCUT2D eigenvalue weighted by molar-refractivity contribution is 5.83. The lowest BCUT2D eigenvalue weighted by atomic mass is 9.75. The molecule has 0 radical (unpaired) electrons.